The molecule has 2 aromatic rings. The Hall–Kier alpha value is -1.40. The number of halogens is 1. The van der Waals surface area contributed by atoms with E-state index in [-0.39, 0.29) is 5.82 Å². The van der Waals surface area contributed by atoms with Crippen LogP contribution in [0.15, 0.2) is 34.6 Å². The summed E-state index contributed by atoms with van der Waals surface area (Å²) in [5.41, 5.74) is 0.935. The first kappa shape index (κ1) is 13.0. The summed E-state index contributed by atoms with van der Waals surface area (Å²) >= 11 is 1.26. The van der Waals surface area contributed by atoms with Gasteiger partial charge < -0.3 is 5.32 Å². The molecule has 0 saturated carbocycles. The van der Waals surface area contributed by atoms with Gasteiger partial charge in [-0.15, -0.1) is 0 Å². The van der Waals surface area contributed by atoms with Crippen LogP contribution in [0.1, 0.15) is 18.9 Å². The first-order chi connectivity index (χ1) is 8.81. The van der Waals surface area contributed by atoms with Gasteiger partial charge in [-0.3, -0.25) is 5.10 Å². The lowest BCUT2D eigenvalue weighted by Gasteiger charge is -2.09. The van der Waals surface area contributed by atoms with Crippen molar-refractivity contribution in [3.05, 3.63) is 35.9 Å². The average molecular weight is 266 g/mol. The fraction of sp³-hybridized carbons (Fsp3) is 0.333. The van der Waals surface area contributed by atoms with Gasteiger partial charge in [-0.05, 0) is 36.4 Å². The number of aromatic nitrogens is 3. The predicted octanol–water partition coefficient (Wildman–Crippen LogP) is 2.59. The Balaban J connectivity index is 2.15. The molecule has 18 heavy (non-hydrogen) atoms. The largest absolute Gasteiger partial charge is 0.313 e. The molecule has 6 heteroatoms. The second kappa shape index (κ2) is 6.51. The quantitative estimate of drug-likeness (QED) is 0.789. The van der Waals surface area contributed by atoms with Crippen LogP contribution in [-0.4, -0.2) is 21.7 Å². The van der Waals surface area contributed by atoms with Crippen molar-refractivity contribution < 1.29 is 4.39 Å². The molecule has 0 aliphatic heterocycles. The number of hydrogen-bond acceptors (Lipinski definition) is 4. The zero-order valence-electron chi connectivity index (χ0n) is 10.1. The molecule has 0 amide bonds. The zero-order chi connectivity index (χ0) is 12.8. The van der Waals surface area contributed by atoms with Crippen LogP contribution in [0.3, 0.4) is 0 Å². The van der Waals surface area contributed by atoms with E-state index in [0.717, 1.165) is 18.5 Å². The van der Waals surface area contributed by atoms with Gasteiger partial charge in [0.1, 0.15) is 12.1 Å². The van der Waals surface area contributed by atoms with E-state index in [9.17, 15) is 4.39 Å². The highest BCUT2D eigenvalue weighted by Gasteiger charge is 2.11. The van der Waals surface area contributed by atoms with E-state index in [2.05, 4.69) is 27.4 Å². The maximum atomic E-state index is 13.8. The molecule has 0 aliphatic carbocycles. The van der Waals surface area contributed by atoms with E-state index >= 15 is 0 Å². The van der Waals surface area contributed by atoms with Crippen LogP contribution in [-0.2, 0) is 6.54 Å². The van der Waals surface area contributed by atoms with Crippen molar-refractivity contribution in [1.82, 2.24) is 20.5 Å². The van der Waals surface area contributed by atoms with Crippen molar-refractivity contribution in [2.75, 3.05) is 6.54 Å². The normalized spacial score (nSPS) is 10.8. The lowest BCUT2D eigenvalue weighted by molar-refractivity contribution is 0.588. The lowest BCUT2D eigenvalue weighted by Crippen LogP contribution is -2.14. The van der Waals surface area contributed by atoms with E-state index in [1.54, 1.807) is 6.07 Å². The topological polar surface area (TPSA) is 53.6 Å². The molecule has 0 atom stereocenters. The number of H-pyrrole nitrogens is 1. The monoisotopic (exact) mass is 266 g/mol. The zero-order valence-corrected chi connectivity index (χ0v) is 10.9. The van der Waals surface area contributed by atoms with Gasteiger partial charge in [-0.2, -0.15) is 5.10 Å². The second-order valence-electron chi connectivity index (χ2n) is 3.80. The van der Waals surface area contributed by atoms with Gasteiger partial charge in [0.05, 0.1) is 4.90 Å². The fourth-order valence-electron chi connectivity index (χ4n) is 1.55. The first-order valence-corrected chi connectivity index (χ1v) is 6.64. The van der Waals surface area contributed by atoms with Crippen LogP contribution in [0.4, 0.5) is 4.39 Å². The highest BCUT2D eigenvalue weighted by atomic mass is 32.2. The highest BCUT2D eigenvalue weighted by Crippen LogP contribution is 2.30. The van der Waals surface area contributed by atoms with E-state index in [1.807, 2.05) is 6.07 Å². The maximum absolute atomic E-state index is 13.8. The van der Waals surface area contributed by atoms with Crippen LogP contribution < -0.4 is 5.32 Å². The van der Waals surface area contributed by atoms with Gasteiger partial charge in [-0.1, -0.05) is 19.1 Å². The van der Waals surface area contributed by atoms with Gasteiger partial charge in [0, 0.05) is 6.54 Å². The molecule has 1 aromatic carbocycles. The summed E-state index contributed by atoms with van der Waals surface area (Å²) in [6.45, 7) is 3.67. The SMILES string of the molecule is CCCNCc1cccc(F)c1Sc1ncn[nH]1. The molecule has 1 aromatic heterocycles. The standard InChI is InChI=1S/C12H15FN4S/c1-2-6-14-7-9-4-3-5-10(13)11(9)18-12-15-8-16-17-12/h3-5,8,14H,2,6-7H2,1H3,(H,15,16,17). The molecule has 0 fully saturated rings. The minimum absolute atomic E-state index is 0.229. The smallest absolute Gasteiger partial charge is 0.188 e. The lowest BCUT2D eigenvalue weighted by atomic mass is 10.2. The minimum Gasteiger partial charge on any atom is -0.313 e. The Bertz CT molecular complexity index is 487. The molecular formula is C12H15FN4S. The van der Waals surface area contributed by atoms with E-state index < -0.39 is 0 Å². The molecule has 1 heterocycles. The molecule has 0 unspecified atom stereocenters. The van der Waals surface area contributed by atoms with E-state index in [1.165, 1.54) is 24.2 Å². The first-order valence-electron chi connectivity index (χ1n) is 5.82. The Morgan fingerprint density at radius 3 is 3.06 bits per heavy atom. The summed E-state index contributed by atoms with van der Waals surface area (Å²) < 4.78 is 13.8. The number of nitrogens with one attached hydrogen (secondary N) is 2. The Morgan fingerprint density at radius 1 is 1.44 bits per heavy atom. The van der Waals surface area contributed by atoms with Crippen molar-refractivity contribution in [3.63, 3.8) is 0 Å². The van der Waals surface area contributed by atoms with Crippen LogP contribution in [0, 0.1) is 5.82 Å². The summed E-state index contributed by atoms with van der Waals surface area (Å²) in [7, 11) is 0. The second-order valence-corrected chi connectivity index (χ2v) is 4.80. The predicted molar refractivity (Wildman–Crippen MR) is 68.9 cm³/mol. The van der Waals surface area contributed by atoms with E-state index in [0.29, 0.717) is 16.6 Å². The van der Waals surface area contributed by atoms with Gasteiger partial charge in [-0.25, -0.2) is 9.37 Å². The average Bonchev–Trinajstić information content (AvgIpc) is 2.86. The van der Waals surface area contributed by atoms with Crippen molar-refractivity contribution >= 4 is 11.8 Å². The molecule has 96 valence electrons. The summed E-state index contributed by atoms with van der Waals surface area (Å²) in [6.07, 6.45) is 2.47. The minimum atomic E-state index is -0.229. The number of rotatable bonds is 6. The van der Waals surface area contributed by atoms with Gasteiger partial charge >= 0.3 is 0 Å². The molecular weight excluding hydrogens is 251 g/mol. The molecule has 0 spiro atoms. The molecule has 4 nitrogen and oxygen atoms in total. The van der Waals surface area contributed by atoms with Gasteiger partial charge in [0.25, 0.3) is 0 Å². The van der Waals surface area contributed by atoms with Crippen molar-refractivity contribution in [2.45, 2.75) is 29.9 Å². The van der Waals surface area contributed by atoms with Crippen molar-refractivity contribution in [1.29, 1.82) is 0 Å². The molecule has 2 N–H and O–H groups in total. The summed E-state index contributed by atoms with van der Waals surface area (Å²) in [6, 6.07) is 5.11. The van der Waals surface area contributed by atoms with Crippen molar-refractivity contribution in [2.24, 2.45) is 0 Å². The van der Waals surface area contributed by atoms with Gasteiger partial charge in [0.15, 0.2) is 5.16 Å². The van der Waals surface area contributed by atoms with Crippen LogP contribution in [0.2, 0.25) is 0 Å². The molecule has 2 rings (SSSR count). The van der Waals surface area contributed by atoms with E-state index in [4.69, 9.17) is 0 Å². The number of benzene rings is 1. The maximum Gasteiger partial charge on any atom is 0.188 e. The highest BCUT2D eigenvalue weighted by molar-refractivity contribution is 7.99. The van der Waals surface area contributed by atoms with Crippen LogP contribution in [0.25, 0.3) is 0 Å². The Labute approximate surface area is 109 Å². The summed E-state index contributed by atoms with van der Waals surface area (Å²) in [5, 5.41) is 10.3. The number of hydrogen-bond donors (Lipinski definition) is 2. The third-order valence-electron chi connectivity index (χ3n) is 2.38. The fourth-order valence-corrected chi connectivity index (χ4v) is 2.38. The van der Waals surface area contributed by atoms with Crippen LogP contribution >= 0.6 is 11.8 Å². The molecule has 0 bridgehead atoms. The summed E-state index contributed by atoms with van der Waals surface area (Å²) in [4.78, 5) is 4.59. The van der Waals surface area contributed by atoms with Gasteiger partial charge in [0.2, 0.25) is 0 Å². The van der Waals surface area contributed by atoms with Crippen LogP contribution in [0.5, 0.6) is 0 Å². The third kappa shape index (κ3) is 3.30. The number of aromatic amines is 1. The summed E-state index contributed by atoms with van der Waals surface area (Å²) in [5.74, 6) is -0.229. The molecule has 0 radical (unpaired) electrons. The third-order valence-corrected chi connectivity index (χ3v) is 3.43. The molecule has 0 saturated heterocycles. The molecule has 0 aliphatic rings. The number of nitrogens with zero attached hydrogens (tertiary/aromatic N) is 2. The Kier molecular flexibility index (Phi) is 4.72. The Morgan fingerprint density at radius 2 is 2.33 bits per heavy atom. The van der Waals surface area contributed by atoms with Crippen molar-refractivity contribution in [3.8, 4) is 0 Å².